The minimum Gasteiger partial charge on any atom is -0.496 e. The second kappa shape index (κ2) is 8.52. The standard InChI is InChI=1S/C21H29N3O2/c1-3-15-12-18(19-7-4-8-21(22)23-19)20(26-2)13-16(15)9-11-24-10-5-6-17(24)14-25/h4,7-8,12-13,17,25H,3,5-6,9-11,14H2,1-2H3,(H2,22,23)/t17-/m0/s1. The first-order valence-corrected chi connectivity index (χ1v) is 9.43. The fourth-order valence-corrected chi connectivity index (χ4v) is 3.86. The Labute approximate surface area is 155 Å². The molecule has 1 aromatic carbocycles. The molecule has 1 aliphatic rings. The number of likely N-dealkylation sites (tertiary alicyclic amines) is 1. The van der Waals surface area contributed by atoms with Crippen molar-refractivity contribution < 1.29 is 9.84 Å². The molecule has 0 unspecified atom stereocenters. The fourth-order valence-electron chi connectivity index (χ4n) is 3.86. The minimum absolute atomic E-state index is 0.254. The number of anilines is 1. The number of methoxy groups -OCH3 is 1. The van der Waals surface area contributed by atoms with Crippen molar-refractivity contribution in [2.75, 3.05) is 32.5 Å². The average Bonchev–Trinajstić information content (AvgIpc) is 3.13. The maximum atomic E-state index is 9.52. The molecule has 0 aliphatic carbocycles. The van der Waals surface area contributed by atoms with Crippen molar-refractivity contribution in [3.8, 4) is 17.0 Å². The normalized spacial score (nSPS) is 17.6. The van der Waals surface area contributed by atoms with Gasteiger partial charge in [-0.15, -0.1) is 0 Å². The molecule has 1 aliphatic heterocycles. The van der Waals surface area contributed by atoms with Gasteiger partial charge in [0.25, 0.3) is 0 Å². The molecule has 26 heavy (non-hydrogen) atoms. The summed E-state index contributed by atoms with van der Waals surface area (Å²) in [6, 6.07) is 10.3. The second-order valence-electron chi connectivity index (χ2n) is 6.89. The molecule has 0 amide bonds. The van der Waals surface area contributed by atoms with Crippen LogP contribution in [0.1, 0.15) is 30.9 Å². The maximum Gasteiger partial charge on any atom is 0.128 e. The van der Waals surface area contributed by atoms with E-state index in [4.69, 9.17) is 10.5 Å². The Kier molecular flexibility index (Phi) is 6.12. The average molecular weight is 355 g/mol. The van der Waals surface area contributed by atoms with Gasteiger partial charge in [-0.2, -0.15) is 0 Å². The van der Waals surface area contributed by atoms with Crippen LogP contribution in [0, 0.1) is 0 Å². The zero-order chi connectivity index (χ0) is 18.5. The number of nitrogens with two attached hydrogens (primary N) is 1. The zero-order valence-electron chi connectivity index (χ0n) is 15.7. The van der Waals surface area contributed by atoms with Gasteiger partial charge >= 0.3 is 0 Å². The summed E-state index contributed by atoms with van der Waals surface area (Å²) < 4.78 is 5.66. The predicted octanol–water partition coefficient (Wildman–Crippen LogP) is 2.90. The Balaban J connectivity index is 1.87. The van der Waals surface area contributed by atoms with Gasteiger partial charge in [0.1, 0.15) is 11.6 Å². The zero-order valence-corrected chi connectivity index (χ0v) is 15.7. The summed E-state index contributed by atoms with van der Waals surface area (Å²) in [4.78, 5) is 6.85. The molecular formula is C21H29N3O2. The smallest absolute Gasteiger partial charge is 0.128 e. The van der Waals surface area contributed by atoms with E-state index in [1.165, 1.54) is 17.5 Å². The van der Waals surface area contributed by atoms with Crippen LogP contribution in [0.25, 0.3) is 11.3 Å². The number of aliphatic hydroxyl groups excluding tert-OH is 1. The first-order chi connectivity index (χ1) is 12.7. The Hall–Kier alpha value is -2.11. The molecule has 3 rings (SSSR count). The molecule has 3 N–H and O–H groups in total. The monoisotopic (exact) mass is 355 g/mol. The van der Waals surface area contributed by atoms with Gasteiger partial charge in [0.05, 0.1) is 19.4 Å². The maximum absolute atomic E-state index is 9.52. The molecule has 1 saturated heterocycles. The fraction of sp³-hybridized carbons (Fsp3) is 0.476. The lowest BCUT2D eigenvalue weighted by atomic mass is 9.96. The lowest BCUT2D eigenvalue weighted by Crippen LogP contribution is -2.33. The summed E-state index contributed by atoms with van der Waals surface area (Å²) in [6.07, 6.45) is 4.19. The van der Waals surface area contributed by atoms with Crippen molar-refractivity contribution in [1.29, 1.82) is 0 Å². The van der Waals surface area contributed by atoms with Crippen molar-refractivity contribution in [3.05, 3.63) is 41.5 Å². The van der Waals surface area contributed by atoms with Gasteiger partial charge in [0, 0.05) is 18.2 Å². The van der Waals surface area contributed by atoms with Gasteiger partial charge < -0.3 is 15.6 Å². The molecule has 1 fully saturated rings. The van der Waals surface area contributed by atoms with Crippen molar-refractivity contribution in [2.45, 2.75) is 38.6 Å². The van der Waals surface area contributed by atoms with Crippen LogP contribution in [0.2, 0.25) is 0 Å². The highest BCUT2D eigenvalue weighted by atomic mass is 16.5. The van der Waals surface area contributed by atoms with E-state index in [0.29, 0.717) is 11.9 Å². The summed E-state index contributed by atoms with van der Waals surface area (Å²) in [5.41, 5.74) is 10.3. The number of aryl methyl sites for hydroxylation is 1. The molecule has 5 nitrogen and oxygen atoms in total. The Morgan fingerprint density at radius 2 is 2.15 bits per heavy atom. The van der Waals surface area contributed by atoms with Crippen molar-refractivity contribution >= 4 is 5.82 Å². The van der Waals surface area contributed by atoms with Crippen LogP contribution >= 0.6 is 0 Å². The molecule has 0 spiro atoms. The number of nitrogen functional groups attached to an aromatic ring is 1. The molecule has 5 heteroatoms. The number of ether oxygens (including phenoxy) is 1. The van der Waals surface area contributed by atoms with Crippen LogP contribution in [0.15, 0.2) is 30.3 Å². The third-order valence-electron chi connectivity index (χ3n) is 5.33. The van der Waals surface area contributed by atoms with E-state index in [1.807, 2.05) is 12.1 Å². The quantitative estimate of drug-likeness (QED) is 0.799. The van der Waals surface area contributed by atoms with Gasteiger partial charge in [-0.3, -0.25) is 4.90 Å². The Morgan fingerprint density at radius 1 is 1.31 bits per heavy atom. The lowest BCUT2D eigenvalue weighted by Gasteiger charge is -2.23. The third kappa shape index (κ3) is 4.00. The highest BCUT2D eigenvalue weighted by Gasteiger charge is 2.23. The third-order valence-corrected chi connectivity index (χ3v) is 5.33. The van der Waals surface area contributed by atoms with Crippen LogP contribution in [-0.2, 0) is 12.8 Å². The number of nitrogens with zero attached hydrogens (tertiary/aromatic N) is 2. The van der Waals surface area contributed by atoms with E-state index in [2.05, 4.69) is 28.9 Å². The van der Waals surface area contributed by atoms with E-state index in [1.54, 1.807) is 13.2 Å². The van der Waals surface area contributed by atoms with E-state index in [9.17, 15) is 5.11 Å². The van der Waals surface area contributed by atoms with Crippen LogP contribution in [0.4, 0.5) is 5.82 Å². The number of hydrogen-bond donors (Lipinski definition) is 2. The van der Waals surface area contributed by atoms with Gasteiger partial charge in [-0.25, -0.2) is 4.98 Å². The van der Waals surface area contributed by atoms with E-state index >= 15 is 0 Å². The Morgan fingerprint density at radius 3 is 2.85 bits per heavy atom. The first-order valence-electron chi connectivity index (χ1n) is 9.43. The summed E-state index contributed by atoms with van der Waals surface area (Å²) in [6.45, 7) is 4.48. The topological polar surface area (TPSA) is 71.6 Å². The lowest BCUT2D eigenvalue weighted by molar-refractivity contribution is 0.160. The van der Waals surface area contributed by atoms with Crippen molar-refractivity contribution in [2.24, 2.45) is 0 Å². The SMILES string of the molecule is CCc1cc(-c2cccc(N)n2)c(OC)cc1CCN1CCC[C@H]1CO. The summed E-state index contributed by atoms with van der Waals surface area (Å²) in [5, 5.41) is 9.52. The number of pyridine rings is 1. The van der Waals surface area contributed by atoms with Gasteiger partial charge in [-0.1, -0.05) is 13.0 Å². The number of rotatable bonds is 7. The molecule has 1 aromatic heterocycles. The predicted molar refractivity (Wildman–Crippen MR) is 105 cm³/mol. The molecule has 1 atom stereocenters. The summed E-state index contributed by atoms with van der Waals surface area (Å²) >= 11 is 0. The molecule has 2 heterocycles. The summed E-state index contributed by atoms with van der Waals surface area (Å²) in [7, 11) is 1.70. The first kappa shape index (κ1) is 18.7. The van der Waals surface area contributed by atoms with Crippen molar-refractivity contribution in [3.63, 3.8) is 0 Å². The Bertz CT molecular complexity index is 748. The van der Waals surface area contributed by atoms with Gasteiger partial charge in [-0.05, 0) is 67.6 Å². The van der Waals surface area contributed by atoms with Crippen LogP contribution < -0.4 is 10.5 Å². The molecular weight excluding hydrogens is 326 g/mol. The molecule has 0 saturated carbocycles. The van der Waals surface area contributed by atoms with E-state index < -0.39 is 0 Å². The number of benzene rings is 1. The highest BCUT2D eigenvalue weighted by Crippen LogP contribution is 2.33. The van der Waals surface area contributed by atoms with E-state index in [-0.39, 0.29) is 6.61 Å². The van der Waals surface area contributed by atoms with Crippen LogP contribution in [0.3, 0.4) is 0 Å². The van der Waals surface area contributed by atoms with Crippen LogP contribution in [-0.4, -0.2) is 47.8 Å². The van der Waals surface area contributed by atoms with E-state index in [0.717, 1.165) is 49.4 Å². The molecule has 2 aromatic rings. The second-order valence-corrected chi connectivity index (χ2v) is 6.89. The molecule has 0 bridgehead atoms. The highest BCUT2D eigenvalue weighted by molar-refractivity contribution is 5.70. The molecule has 140 valence electrons. The largest absolute Gasteiger partial charge is 0.496 e. The summed E-state index contributed by atoms with van der Waals surface area (Å²) in [5.74, 6) is 1.34. The van der Waals surface area contributed by atoms with Gasteiger partial charge in [0.15, 0.2) is 0 Å². The number of aliphatic hydroxyl groups is 1. The minimum atomic E-state index is 0.254. The number of aromatic nitrogens is 1. The van der Waals surface area contributed by atoms with Crippen LogP contribution in [0.5, 0.6) is 5.75 Å². The number of hydrogen-bond acceptors (Lipinski definition) is 5. The van der Waals surface area contributed by atoms with Crippen molar-refractivity contribution in [1.82, 2.24) is 9.88 Å². The van der Waals surface area contributed by atoms with Gasteiger partial charge in [0.2, 0.25) is 0 Å². The molecule has 0 radical (unpaired) electrons.